The summed E-state index contributed by atoms with van der Waals surface area (Å²) in [5.74, 6) is 0. The fraction of sp³-hybridized carbons (Fsp3) is 0.571. The van der Waals surface area contributed by atoms with Gasteiger partial charge in [0.15, 0.2) is 9.03 Å². The molecule has 1 atom stereocenters. The van der Waals surface area contributed by atoms with Gasteiger partial charge in [0.25, 0.3) is 0 Å². The van der Waals surface area contributed by atoms with E-state index in [1.807, 2.05) is 18.2 Å². The first kappa shape index (κ1) is 13.0. The zero-order valence-corrected chi connectivity index (χ0v) is 11.2. The van der Waals surface area contributed by atoms with Crippen molar-refractivity contribution in [1.82, 2.24) is 0 Å². The molecule has 2 nitrogen and oxygen atoms in total. The second kappa shape index (κ2) is 7.81. The lowest BCUT2D eigenvalue weighted by Gasteiger charge is -2.14. The molecule has 3 heteroatoms. The highest BCUT2D eigenvalue weighted by Crippen LogP contribution is 2.27. The van der Waals surface area contributed by atoms with E-state index in [4.69, 9.17) is 9.05 Å². The monoisotopic (exact) mass is 252 g/mol. The van der Waals surface area contributed by atoms with E-state index in [0.29, 0.717) is 12.7 Å². The highest BCUT2D eigenvalue weighted by Gasteiger charge is 2.12. The van der Waals surface area contributed by atoms with Crippen molar-refractivity contribution in [3.05, 3.63) is 35.9 Å². The van der Waals surface area contributed by atoms with Crippen molar-refractivity contribution < 1.29 is 9.05 Å². The van der Waals surface area contributed by atoms with Gasteiger partial charge in [-0.3, -0.25) is 0 Å². The topological polar surface area (TPSA) is 18.5 Å². The first-order chi connectivity index (χ1) is 8.45. The van der Waals surface area contributed by atoms with Gasteiger partial charge in [-0.2, -0.15) is 0 Å². The molecule has 1 aliphatic carbocycles. The molecule has 1 fully saturated rings. The highest BCUT2D eigenvalue weighted by molar-refractivity contribution is 7.26. The van der Waals surface area contributed by atoms with Gasteiger partial charge in [-0.25, -0.2) is 0 Å². The average molecular weight is 252 g/mol. The zero-order valence-electron chi connectivity index (χ0n) is 10.2. The first-order valence-electron chi connectivity index (χ1n) is 6.51. The van der Waals surface area contributed by atoms with E-state index in [9.17, 15) is 0 Å². The molecule has 0 spiro atoms. The van der Waals surface area contributed by atoms with Gasteiger partial charge in [-0.1, -0.05) is 56.0 Å². The lowest BCUT2D eigenvalue weighted by Crippen LogP contribution is -2.06. The summed E-state index contributed by atoms with van der Waals surface area (Å²) in [6, 6.07) is 10.3. The predicted molar refractivity (Wildman–Crippen MR) is 72.1 cm³/mol. The smallest absolute Gasteiger partial charge is 0.155 e. The molecule has 0 heterocycles. The molecule has 1 aromatic carbocycles. The van der Waals surface area contributed by atoms with Crippen molar-refractivity contribution >= 4 is 9.03 Å². The third-order valence-corrected chi connectivity index (χ3v) is 3.85. The summed E-state index contributed by atoms with van der Waals surface area (Å²) in [6.45, 7) is 0.659. The van der Waals surface area contributed by atoms with Gasteiger partial charge >= 0.3 is 0 Å². The van der Waals surface area contributed by atoms with Crippen molar-refractivity contribution in [2.24, 2.45) is 0 Å². The second-order valence-corrected chi connectivity index (χ2v) is 5.28. The van der Waals surface area contributed by atoms with E-state index in [2.05, 4.69) is 12.1 Å². The van der Waals surface area contributed by atoms with E-state index in [1.165, 1.54) is 44.1 Å². The van der Waals surface area contributed by atoms with E-state index in [1.54, 1.807) is 0 Å². The quantitative estimate of drug-likeness (QED) is 0.438. The Bertz CT molecular complexity index is 294. The van der Waals surface area contributed by atoms with Crippen LogP contribution in [0.5, 0.6) is 0 Å². The van der Waals surface area contributed by atoms with E-state index >= 15 is 0 Å². The Morgan fingerprint density at radius 1 is 1.00 bits per heavy atom. The minimum atomic E-state index is 0.186. The minimum Gasteiger partial charge on any atom is -0.333 e. The molecular weight excluding hydrogens is 231 g/mol. The third kappa shape index (κ3) is 5.16. The van der Waals surface area contributed by atoms with Gasteiger partial charge in [-0.15, -0.1) is 0 Å². The fourth-order valence-corrected chi connectivity index (χ4v) is 2.81. The Labute approximate surface area is 106 Å². The van der Waals surface area contributed by atoms with Gasteiger partial charge in [0.2, 0.25) is 0 Å². The number of benzene rings is 1. The normalized spacial score (nSPS) is 18.6. The summed E-state index contributed by atoms with van der Waals surface area (Å²) >= 11 is 0. The molecule has 0 saturated heterocycles. The maximum Gasteiger partial charge on any atom is 0.155 e. The molecule has 1 unspecified atom stereocenters. The third-order valence-electron chi connectivity index (χ3n) is 3.16. The lowest BCUT2D eigenvalue weighted by molar-refractivity contribution is 0.173. The van der Waals surface area contributed by atoms with Crippen LogP contribution in [-0.2, 0) is 15.7 Å². The molecule has 94 valence electrons. The van der Waals surface area contributed by atoms with Crippen LogP contribution in [0.2, 0.25) is 0 Å². The predicted octanol–water partition coefficient (Wildman–Crippen LogP) is 4.45. The second-order valence-electron chi connectivity index (χ2n) is 4.59. The zero-order chi connectivity index (χ0) is 11.8. The van der Waals surface area contributed by atoms with Crippen LogP contribution in [0.3, 0.4) is 0 Å². The summed E-state index contributed by atoms with van der Waals surface area (Å²) in [5, 5.41) is 0. The first-order valence-corrected chi connectivity index (χ1v) is 7.33. The summed E-state index contributed by atoms with van der Waals surface area (Å²) in [5.41, 5.74) is 1.21. The molecule has 0 aliphatic heterocycles. The van der Waals surface area contributed by atoms with Crippen LogP contribution in [-0.4, -0.2) is 6.10 Å². The molecule has 0 N–H and O–H groups in total. The van der Waals surface area contributed by atoms with Crippen molar-refractivity contribution in [2.75, 3.05) is 0 Å². The largest absolute Gasteiger partial charge is 0.333 e. The molecule has 0 bridgehead atoms. The van der Waals surface area contributed by atoms with Gasteiger partial charge < -0.3 is 9.05 Å². The van der Waals surface area contributed by atoms with E-state index in [0.717, 1.165) is 0 Å². The van der Waals surface area contributed by atoms with Crippen LogP contribution in [0.15, 0.2) is 30.3 Å². The highest BCUT2D eigenvalue weighted by atomic mass is 31.1. The molecule has 1 aliphatic rings. The lowest BCUT2D eigenvalue weighted by atomic mass is 10.2. The van der Waals surface area contributed by atoms with Crippen molar-refractivity contribution in [1.29, 1.82) is 0 Å². The van der Waals surface area contributed by atoms with Gasteiger partial charge in [0.05, 0.1) is 12.7 Å². The molecule has 17 heavy (non-hydrogen) atoms. The Morgan fingerprint density at radius 3 is 2.41 bits per heavy atom. The Hall–Kier alpha value is -0.430. The SMILES string of the molecule is c1ccc(COPOC2CCCCCC2)cc1. The van der Waals surface area contributed by atoms with Crippen molar-refractivity contribution in [3.63, 3.8) is 0 Å². The Morgan fingerprint density at radius 2 is 1.71 bits per heavy atom. The van der Waals surface area contributed by atoms with Crippen molar-refractivity contribution in [2.45, 2.75) is 51.2 Å². The molecule has 1 saturated carbocycles. The molecule has 2 rings (SSSR count). The van der Waals surface area contributed by atoms with E-state index < -0.39 is 0 Å². The van der Waals surface area contributed by atoms with E-state index in [-0.39, 0.29) is 9.03 Å². The van der Waals surface area contributed by atoms with Gasteiger partial charge in [0, 0.05) is 0 Å². The molecule has 0 amide bonds. The summed E-state index contributed by atoms with van der Waals surface area (Å²) in [7, 11) is 0.186. The van der Waals surface area contributed by atoms with Crippen LogP contribution in [0.25, 0.3) is 0 Å². The maximum absolute atomic E-state index is 5.79. The van der Waals surface area contributed by atoms with Crippen LogP contribution >= 0.6 is 9.03 Å². The van der Waals surface area contributed by atoms with Gasteiger partial charge in [0.1, 0.15) is 0 Å². The molecular formula is C14H21O2P. The maximum atomic E-state index is 5.79. The van der Waals surface area contributed by atoms with Crippen LogP contribution in [0.4, 0.5) is 0 Å². The number of hydrogen-bond donors (Lipinski definition) is 0. The molecule has 0 aromatic heterocycles. The van der Waals surface area contributed by atoms with Crippen LogP contribution in [0, 0.1) is 0 Å². The van der Waals surface area contributed by atoms with Crippen LogP contribution in [0.1, 0.15) is 44.1 Å². The Kier molecular flexibility index (Phi) is 5.98. The number of rotatable bonds is 5. The minimum absolute atomic E-state index is 0.186. The summed E-state index contributed by atoms with van der Waals surface area (Å²) in [6.07, 6.45) is 8.22. The molecule has 0 radical (unpaired) electrons. The Balaban J connectivity index is 1.59. The molecule has 1 aromatic rings. The summed E-state index contributed by atoms with van der Waals surface area (Å²) in [4.78, 5) is 0. The summed E-state index contributed by atoms with van der Waals surface area (Å²) < 4.78 is 11.4. The average Bonchev–Trinajstić information content (AvgIpc) is 2.65. The van der Waals surface area contributed by atoms with Crippen molar-refractivity contribution in [3.8, 4) is 0 Å². The standard InChI is InChI=1S/C14H21O2P/c1-2-7-11-14(10-6-1)16-17-15-12-13-8-4-3-5-9-13/h3-5,8-9,14,17H,1-2,6-7,10-12H2. The number of hydrogen-bond acceptors (Lipinski definition) is 2. The van der Waals surface area contributed by atoms with Gasteiger partial charge in [-0.05, 0) is 18.4 Å². The fourth-order valence-electron chi connectivity index (χ4n) is 2.15. The van der Waals surface area contributed by atoms with Crippen LogP contribution < -0.4 is 0 Å².